The Morgan fingerprint density at radius 2 is 1.68 bits per heavy atom. The zero-order valence-corrected chi connectivity index (χ0v) is 13.6. The van der Waals surface area contributed by atoms with E-state index in [9.17, 15) is 4.39 Å². The summed E-state index contributed by atoms with van der Waals surface area (Å²) < 4.78 is 13.1. The maximum absolute atomic E-state index is 13.1. The SMILES string of the molecule is Cc1cc(-c2ccc(F)cc2)nc(-c2nc(C(C)C)cs2)c1. The van der Waals surface area contributed by atoms with Crippen LogP contribution in [-0.4, -0.2) is 9.97 Å². The van der Waals surface area contributed by atoms with Gasteiger partial charge in [0.25, 0.3) is 0 Å². The predicted octanol–water partition coefficient (Wildman–Crippen LogP) is 5.44. The van der Waals surface area contributed by atoms with Crippen molar-refractivity contribution in [1.29, 1.82) is 0 Å². The van der Waals surface area contributed by atoms with Crippen molar-refractivity contribution >= 4 is 11.3 Å². The third-order valence-corrected chi connectivity index (χ3v) is 4.33. The van der Waals surface area contributed by atoms with E-state index in [1.165, 1.54) is 12.1 Å². The van der Waals surface area contributed by atoms with Gasteiger partial charge in [0, 0.05) is 10.9 Å². The summed E-state index contributed by atoms with van der Waals surface area (Å²) in [5.41, 5.74) is 4.83. The average Bonchev–Trinajstić information content (AvgIpc) is 2.97. The van der Waals surface area contributed by atoms with E-state index in [0.29, 0.717) is 5.92 Å². The highest BCUT2D eigenvalue weighted by atomic mass is 32.1. The number of rotatable bonds is 3. The largest absolute Gasteiger partial charge is 0.245 e. The molecule has 0 saturated heterocycles. The van der Waals surface area contributed by atoms with E-state index in [1.54, 1.807) is 23.5 Å². The zero-order chi connectivity index (χ0) is 15.7. The van der Waals surface area contributed by atoms with Gasteiger partial charge in [0.15, 0.2) is 0 Å². The first-order valence-corrected chi connectivity index (χ1v) is 8.11. The van der Waals surface area contributed by atoms with Crippen molar-refractivity contribution in [1.82, 2.24) is 9.97 Å². The van der Waals surface area contributed by atoms with E-state index in [-0.39, 0.29) is 5.82 Å². The molecule has 1 aromatic carbocycles. The smallest absolute Gasteiger partial charge is 0.142 e. The van der Waals surface area contributed by atoms with E-state index >= 15 is 0 Å². The van der Waals surface area contributed by atoms with Crippen LogP contribution >= 0.6 is 11.3 Å². The molecule has 0 atom stereocenters. The van der Waals surface area contributed by atoms with Crippen LogP contribution in [0.5, 0.6) is 0 Å². The molecule has 0 N–H and O–H groups in total. The number of benzene rings is 1. The van der Waals surface area contributed by atoms with Gasteiger partial charge in [0.2, 0.25) is 0 Å². The van der Waals surface area contributed by atoms with Gasteiger partial charge in [-0.25, -0.2) is 14.4 Å². The lowest BCUT2D eigenvalue weighted by atomic mass is 10.1. The first-order chi connectivity index (χ1) is 10.5. The van der Waals surface area contributed by atoms with Crippen LogP contribution in [-0.2, 0) is 0 Å². The van der Waals surface area contributed by atoms with Crippen LogP contribution < -0.4 is 0 Å². The number of aromatic nitrogens is 2. The Labute approximate surface area is 133 Å². The van der Waals surface area contributed by atoms with Gasteiger partial charge in [-0.1, -0.05) is 13.8 Å². The lowest BCUT2D eigenvalue weighted by molar-refractivity contribution is 0.628. The molecule has 0 radical (unpaired) electrons. The number of hydrogen-bond acceptors (Lipinski definition) is 3. The van der Waals surface area contributed by atoms with Crippen molar-refractivity contribution in [3.05, 3.63) is 58.9 Å². The minimum atomic E-state index is -0.238. The van der Waals surface area contributed by atoms with Gasteiger partial charge >= 0.3 is 0 Å². The second kappa shape index (κ2) is 5.97. The number of thiazole rings is 1. The van der Waals surface area contributed by atoms with Gasteiger partial charge < -0.3 is 0 Å². The lowest BCUT2D eigenvalue weighted by Gasteiger charge is -2.05. The van der Waals surface area contributed by atoms with E-state index < -0.39 is 0 Å². The van der Waals surface area contributed by atoms with Crippen LogP contribution in [0.2, 0.25) is 0 Å². The number of pyridine rings is 1. The van der Waals surface area contributed by atoms with Crippen LogP contribution in [0.15, 0.2) is 41.8 Å². The van der Waals surface area contributed by atoms with Crippen LogP contribution in [0.25, 0.3) is 22.0 Å². The van der Waals surface area contributed by atoms with Crippen molar-refractivity contribution in [2.75, 3.05) is 0 Å². The normalized spacial score (nSPS) is 11.1. The molecule has 0 aliphatic carbocycles. The quantitative estimate of drug-likeness (QED) is 0.643. The first-order valence-electron chi connectivity index (χ1n) is 7.23. The Hall–Kier alpha value is -2.07. The average molecular weight is 312 g/mol. The second-order valence-electron chi connectivity index (χ2n) is 5.65. The van der Waals surface area contributed by atoms with Gasteiger partial charge in [-0.15, -0.1) is 11.3 Å². The molecule has 0 amide bonds. The fourth-order valence-electron chi connectivity index (χ4n) is 2.21. The van der Waals surface area contributed by atoms with Crippen molar-refractivity contribution in [3.8, 4) is 22.0 Å². The van der Waals surface area contributed by atoms with Crippen LogP contribution in [0.4, 0.5) is 4.39 Å². The van der Waals surface area contributed by atoms with Crippen LogP contribution in [0.3, 0.4) is 0 Å². The van der Waals surface area contributed by atoms with Crippen molar-refractivity contribution in [2.45, 2.75) is 26.7 Å². The molecule has 2 heterocycles. The Kier molecular flexibility index (Phi) is 4.03. The third-order valence-electron chi connectivity index (χ3n) is 3.44. The van der Waals surface area contributed by atoms with E-state index in [2.05, 4.69) is 24.2 Å². The molecule has 0 bridgehead atoms. The number of halogens is 1. The molecule has 2 aromatic heterocycles. The first kappa shape index (κ1) is 14.9. The minimum absolute atomic E-state index is 0.238. The maximum Gasteiger partial charge on any atom is 0.142 e. The van der Waals surface area contributed by atoms with Crippen molar-refractivity contribution < 1.29 is 4.39 Å². The molecule has 0 aliphatic heterocycles. The van der Waals surface area contributed by atoms with Crippen molar-refractivity contribution in [2.24, 2.45) is 0 Å². The van der Waals surface area contributed by atoms with Gasteiger partial charge in [-0.3, -0.25) is 0 Å². The number of nitrogens with zero attached hydrogens (tertiary/aromatic N) is 2. The molecule has 0 saturated carbocycles. The minimum Gasteiger partial charge on any atom is -0.245 e. The fraction of sp³-hybridized carbons (Fsp3) is 0.222. The highest BCUT2D eigenvalue weighted by Gasteiger charge is 2.11. The maximum atomic E-state index is 13.1. The summed E-state index contributed by atoms with van der Waals surface area (Å²) in [6.45, 7) is 6.30. The van der Waals surface area contributed by atoms with Crippen LogP contribution in [0, 0.1) is 12.7 Å². The fourth-order valence-corrected chi connectivity index (χ4v) is 3.16. The molecule has 2 nitrogen and oxygen atoms in total. The summed E-state index contributed by atoms with van der Waals surface area (Å²) in [5, 5.41) is 3.01. The topological polar surface area (TPSA) is 25.8 Å². The number of aryl methyl sites for hydroxylation is 1. The zero-order valence-electron chi connectivity index (χ0n) is 12.8. The molecule has 0 unspecified atom stereocenters. The summed E-state index contributed by atoms with van der Waals surface area (Å²) in [6.07, 6.45) is 0. The molecular weight excluding hydrogens is 295 g/mol. The molecule has 4 heteroatoms. The highest BCUT2D eigenvalue weighted by molar-refractivity contribution is 7.13. The summed E-state index contributed by atoms with van der Waals surface area (Å²) in [7, 11) is 0. The Bertz CT molecular complexity index is 791. The molecule has 0 aliphatic rings. The summed E-state index contributed by atoms with van der Waals surface area (Å²) >= 11 is 1.61. The standard InChI is InChI=1S/C18H17FN2S/c1-11(2)17-10-22-18(21-17)16-9-12(3)8-15(20-16)13-4-6-14(19)7-5-13/h4-11H,1-3H3. The van der Waals surface area contributed by atoms with E-state index in [1.807, 2.05) is 19.1 Å². The Morgan fingerprint density at radius 1 is 1.00 bits per heavy atom. The third kappa shape index (κ3) is 3.07. The molecule has 3 rings (SSSR count). The van der Waals surface area contributed by atoms with Gasteiger partial charge in [0.05, 0.1) is 17.1 Å². The molecule has 22 heavy (non-hydrogen) atoms. The molecule has 0 fully saturated rings. The molecular formula is C18H17FN2S. The molecule has 3 aromatic rings. The van der Waals surface area contributed by atoms with Crippen molar-refractivity contribution in [3.63, 3.8) is 0 Å². The number of hydrogen-bond donors (Lipinski definition) is 0. The summed E-state index contributed by atoms with van der Waals surface area (Å²) in [4.78, 5) is 9.37. The molecule has 112 valence electrons. The lowest BCUT2D eigenvalue weighted by Crippen LogP contribution is -1.92. The van der Waals surface area contributed by atoms with Gasteiger partial charge in [-0.05, 0) is 54.8 Å². The van der Waals surface area contributed by atoms with Crippen LogP contribution in [0.1, 0.15) is 31.0 Å². The van der Waals surface area contributed by atoms with E-state index in [4.69, 9.17) is 4.98 Å². The van der Waals surface area contributed by atoms with Gasteiger partial charge in [-0.2, -0.15) is 0 Å². The monoisotopic (exact) mass is 312 g/mol. The second-order valence-corrected chi connectivity index (χ2v) is 6.51. The summed E-state index contributed by atoms with van der Waals surface area (Å²) in [6, 6.07) is 10.5. The Balaban J connectivity index is 2.04. The van der Waals surface area contributed by atoms with E-state index in [0.717, 1.165) is 33.2 Å². The molecule has 0 spiro atoms. The summed E-state index contributed by atoms with van der Waals surface area (Å²) in [5.74, 6) is 0.171. The predicted molar refractivity (Wildman–Crippen MR) is 89.6 cm³/mol. The highest BCUT2D eigenvalue weighted by Crippen LogP contribution is 2.28. The van der Waals surface area contributed by atoms with Gasteiger partial charge in [0.1, 0.15) is 10.8 Å². The Morgan fingerprint density at radius 3 is 2.32 bits per heavy atom.